The molecule has 3 amide bonds. The maximum absolute atomic E-state index is 16.4. The first-order valence-electron chi connectivity index (χ1n) is 17.0. The van der Waals surface area contributed by atoms with Crippen molar-refractivity contribution in [2.75, 3.05) is 29.9 Å². The van der Waals surface area contributed by atoms with E-state index in [2.05, 4.69) is 10.6 Å². The second-order valence-electron chi connectivity index (χ2n) is 13.9. The third-order valence-corrected chi connectivity index (χ3v) is 12.8. The van der Waals surface area contributed by atoms with Gasteiger partial charge in [0.2, 0.25) is 20.2 Å². The fourth-order valence-electron chi connectivity index (χ4n) is 7.96. The minimum Gasteiger partial charge on any atom is -0.395 e. The Bertz CT molecular complexity index is 1700. The lowest BCUT2D eigenvalue weighted by molar-refractivity contribution is -0.150. The van der Waals surface area contributed by atoms with Crippen molar-refractivity contribution in [3.63, 3.8) is 0 Å². The summed E-state index contributed by atoms with van der Waals surface area (Å²) in [4.78, 5) is 44.6. The molecule has 2 fully saturated rings. The summed E-state index contributed by atoms with van der Waals surface area (Å²) in [7, 11) is -3.53. The van der Waals surface area contributed by atoms with Gasteiger partial charge in [-0.05, 0) is 73.9 Å². The molecular weight excluding hydrogens is 663 g/mol. The molecule has 12 heteroatoms. The third kappa shape index (κ3) is 7.05. The average Bonchev–Trinajstić information content (AvgIpc) is 3.76. The van der Waals surface area contributed by atoms with Crippen LogP contribution in [0.4, 0.5) is 15.5 Å². The van der Waals surface area contributed by atoms with Gasteiger partial charge in [0.05, 0.1) is 37.4 Å². The number of carbonyl (C=O) groups excluding carboxylic acids is 3. The molecule has 3 N–H and O–H groups in total. The molecule has 0 saturated carbocycles. The summed E-state index contributed by atoms with van der Waals surface area (Å²) in [6.07, 6.45) is 0.731. The number of anilines is 2. The molecule has 3 aromatic carbocycles. The molecule has 3 heterocycles. The summed E-state index contributed by atoms with van der Waals surface area (Å²) in [5, 5.41) is 16.4. The summed E-state index contributed by atoms with van der Waals surface area (Å²) < 4.78 is 23.1. The van der Waals surface area contributed by atoms with Gasteiger partial charge >= 0.3 is 0 Å². The van der Waals surface area contributed by atoms with Crippen LogP contribution in [-0.4, -0.2) is 68.0 Å². The number of nitrogens with zero attached hydrogens (tertiary/aromatic N) is 2. The Morgan fingerprint density at radius 1 is 1.12 bits per heavy atom. The van der Waals surface area contributed by atoms with Gasteiger partial charge in [-0.2, -0.15) is 0 Å². The van der Waals surface area contributed by atoms with Crippen molar-refractivity contribution in [1.82, 2.24) is 10.2 Å². The van der Waals surface area contributed by atoms with E-state index in [9.17, 15) is 19.5 Å². The normalized spacial score (nSPS) is 24.8. The first-order chi connectivity index (χ1) is 23.4. The van der Waals surface area contributed by atoms with Crippen LogP contribution >= 0.6 is 11.6 Å². The zero-order valence-corrected chi connectivity index (χ0v) is 29.9. The van der Waals surface area contributed by atoms with Gasteiger partial charge in [-0.15, -0.1) is 0 Å². The van der Waals surface area contributed by atoms with Gasteiger partial charge in [-0.3, -0.25) is 14.4 Å². The number of fused-ring (bicyclic) bond motifs is 2. The van der Waals surface area contributed by atoms with E-state index in [1.807, 2.05) is 61.5 Å². The number of rotatable bonds is 11. The molecule has 0 bridgehead atoms. The highest BCUT2D eigenvalue weighted by atomic mass is 35.5. The maximum Gasteiger partial charge on any atom is 0.264 e. The van der Waals surface area contributed by atoms with Crippen LogP contribution in [-0.2, 0) is 37.8 Å². The minimum absolute atomic E-state index is 0.0926. The predicted octanol–water partition coefficient (Wildman–Crippen LogP) is 5.76. The smallest absolute Gasteiger partial charge is 0.264 e. The Kier molecular flexibility index (Phi) is 10.3. The van der Waals surface area contributed by atoms with Crippen LogP contribution in [0.25, 0.3) is 0 Å². The lowest BCUT2D eigenvalue weighted by atomic mass is 9.82. The molecule has 1 spiro atoms. The molecule has 2 saturated heterocycles. The second kappa shape index (κ2) is 14.3. The van der Waals surface area contributed by atoms with Gasteiger partial charge in [-0.25, -0.2) is 0 Å². The number of aliphatic hydroxyl groups excluding tert-OH is 1. The van der Waals surface area contributed by atoms with Crippen LogP contribution in [0.2, 0.25) is 23.7 Å². The first kappa shape index (κ1) is 35.2. The van der Waals surface area contributed by atoms with Crippen LogP contribution in [0.5, 0.6) is 0 Å². The van der Waals surface area contributed by atoms with Crippen LogP contribution in [0.3, 0.4) is 0 Å². The number of amides is 3. The van der Waals surface area contributed by atoms with Gasteiger partial charge in [0.25, 0.3) is 5.91 Å². The van der Waals surface area contributed by atoms with Crippen molar-refractivity contribution in [3.8, 4) is 0 Å². The molecule has 49 heavy (non-hydrogen) atoms. The predicted molar refractivity (Wildman–Crippen MR) is 190 cm³/mol. The van der Waals surface area contributed by atoms with Crippen molar-refractivity contribution in [1.29, 1.82) is 0 Å². The number of nitrogens with one attached hydrogen (secondary N) is 2. The SMILES string of the molecule is C[C@H]1[C@H]([Si](C)(C)F)[C@@H](CC(=O)N(CCO)Cc2ccccc2)O[C@]12C(=O)N(Cc1cccc(NC(=O)[C@H]3CCCN3)c1)c1ccc(Cl)cc12. The van der Waals surface area contributed by atoms with Crippen molar-refractivity contribution >= 4 is 49.1 Å². The van der Waals surface area contributed by atoms with Gasteiger partial charge in [0.1, 0.15) is 0 Å². The average molecular weight is 707 g/mol. The van der Waals surface area contributed by atoms with E-state index in [0.717, 1.165) is 30.5 Å². The molecule has 0 aromatic heterocycles. The molecule has 260 valence electrons. The van der Waals surface area contributed by atoms with E-state index >= 15 is 4.11 Å². The number of hydrogen-bond donors (Lipinski definition) is 3. The van der Waals surface area contributed by atoms with Gasteiger partial charge < -0.3 is 34.4 Å². The summed E-state index contributed by atoms with van der Waals surface area (Å²) >= 11 is 6.53. The zero-order valence-electron chi connectivity index (χ0n) is 28.1. The fourth-order valence-corrected chi connectivity index (χ4v) is 10.6. The monoisotopic (exact) mass is 706 g/mol. The van der Waals surface area contributed by atoms with Gasteiger partial charge in [0.15, 0.2) is 5.60 Å². The number of aliphatic hydroxyl groups is 1. The van der Waals surface area contributed by atoms with Gasteiger partial charge in [0, 0.05) is 40.8 Å². The van der Waals surface area contributed by atoms with Crippen molar-refractivity contribution in [2.24, 2.45) is 5.92 Å². The topological polar surface area (TPSA) is 111 Å². The van der Waals surface area contributed by atoms with E-state index in [1.54, 1.807) is 41.1 Å². The quantitative estimate of drug-likeness (QED) is 0.173. The highest BCUT2D eigenvalue weighted by Crippen LogP contribution is 2.60. The van der Waals surface area contributed by atoms with Gasteiger partial charge in [-0.1, -0.05) is 61.0 Å². The van der Waals surface area contributed by atoms with Crippen molar-refractivity contribution in [2.45, 2.75) is 75.7 Å². The van der Waals surface area contributed by atoms with Crippen LogP contribution in [0.15, 0.2) is 72.8 Å². The Labute approximate surface area is 292 Å². The molecule has 3 aliphatic heterocycles. The van der Waals surface area contributed by atoms with Crippen LogP contribution in [0.1, 0.15) is 42.9 Å². The number of hydrogen-bond acceptors (Lipinski definition) is 6. The first-order valence-corrected chi connectivity index (χ1v) is 20.3. The molecule has 0 unspecified atom stereocenters. The molecule has 9 nitrogen and oxygen atoms in total. The van der Waals surface area contributed by atoms with E-state index in [4.69, 9.17) is 16.3 Å². The maximum atomic E-state index is 16.4. The number of carbonyl (C=O) groups is 3. The molecule has 5 atom stereocenters. The molecular formula is C37H44ClFN4O5Si. The molecule has 3 aliphatic rings. The zero-order chi connectivity index (χ0) is 34.9. The number of halogens is 2. The molecule has 0 radical (unpaired) electrons. The Morgan fingerprint density at radius 2 is 1.88 bits per heavy atom. The molecule has 0 aliphatic carbocycles. The fraction of sp³-hybridized carbons (Fsp3) is 0.432. The lowest BCUT2D eigenvalue weighted by Crippen LogP contribution is -2.45. The molecule has 6 rings (SSSR count). The summed E-state index contributed by atoms with van der Waals surface area (Å²) in [6.45, 7) is 6.22. The van der Waals surface area contributed by atoms with Crippen molar-refractivity contribution in [3.05, 3.63) is 94.5 Å². The van der Waals surface area contributed by atoms with Crippen LogP contribution < -0.4 is 15.5 Å². The summed E-state index contributed by atoms with van der Waals surface area (Å²) in [5.74, 6) is -1.31. The van der Waals surface area contributed by atoms with E-state index in [0.29, 0.717) is 22.0 Å². The van der Waals surface area contributed by atoms with Crippen molar-refractivity contribution < 1.29 is 28.3 Å². The lowest BCUT2D eigenvalue weighted by Gasteiger charge is -2.31. The van der Waals surface area contributed by atoms with Crippen LogP contribution in [0, 0.1) is 5.92 Å². The van der Waals surface area contributed by atoms with E-state index in [-0.39, 0.29) is 56.4 Å². The van der Waals surface area contributed by atoms with E-state index in [1.165, 1.54) is 0 Å². The minimum atomic E-state index is -3.53. The Morgan fingerprint density at radius 3 is 2.57 bits per heavy atom. The Balaban J connectivity index is 1.29. The summed E-state index contributed by atoms with van der Waals surface area (Å²) in [5.41, 5.74) is 1.27. The third-order valence-electron chi connectivity index (χ3n) is 10.1. The number of ether oxygens (including phenoxy) is 1. The molecule has 3 aromatic rings. The highest BCUT2D eigenvalue weighted by molar-refractivity contribution is 6.72. The summed E-state index contributed by atoms with van der Waals surface area (Å²) in [6, 6.07) is 21.9. The Hall–Kier alpha value is -3.61. The highest BCUT2D eigenvalue weighted by Gasteiger charge is 2.67. The standard InChI is InChI=1S/C37H44ClFN4O5Si/c1-24-34(49(2,3)39)32(21-33(45)42(17-18-44)22-25-9-5-4-6-10-25)48-37(24)29-20-27(38)14-15-31(29)43(36(37)47)23-26-11-7-12-28(19-26)41-35(46)30-13-8-16-40-30/h4-7,9-12,14-15,19-20,24,30,32,34,40,44H,8,13,16-18,21-23H2,1-3H3,(H,41,46)/t24-,30+,32+,34-,37+/m0/s1. The number of benzene rings is 3. The largest absolute Gasteiger partial charge is 0.395 e. The van der Waals surface area contributed by atoms with E-state index < -0.39 is 31.6 Å². The second-order valence-corrected chi connectivity index (χ2v) is 18.1.